The lowest BCUT2D eigenvalue weighted by Gasteiger charge is -2.15. The Morgan fingerprint density at radius 3 is 2.67 bits per heavy atom. The van der Waals surface area contributed by atoms with E-state index >= 15 is 0 Å². The standard InChI is InChI=1S/C12H16N2O/c13-11-8-12(15)14(9-11)7-6-10-4-2-1-3-5-10/h1-5,11H,6-9,13H2/t11-/m1/s1. The zero-order valence-corrected chi connectivity index (χ0v) is 8.73. The molecule has 1 heterocycles. The molecule has 3 nitrogen and oxygen atoms in total. The normalized spacial score (nSPS) is 21.0. The van der Waals surface area contributed by atoms with Crippen LogP contribution >= 0.6 is 0 Å². The third-order valence-electron chi connectivity index (χ3n) is 2.76. The van der Waals surface area contributed by atoms with Gasteiger partial charge in [-0.25, -0.2) is 0 Å². The molecule has 1 amide bonds. The van der Waals surface area contributed by atoms with Gasteiger partial charge in [-0.2, -0.15) is 0 Å². The van der Waals surface area contributed by atoms with Crippen LogP contribution in [-0.2, 0) is 11.2 Å². The maximum Gasteiger partial charge on any atom is 0.224 e. The zero-order valence-electron chi connectivity index (χ0n) is 8.73. The number of carbonyl (C=O) groups is 1. The maximum atomic E-state index is 11.5. The molecule has 15 heavy (non-hydrogen) atoms. The highest BCUT2D eigenvalue weighted by Crippen LogP contribution is 2.10. The van der Waals surface area contributed by atoms with E-state index in [1.165, 1.54) is 5.56 Å². The van der Waals surface area contributed by atoms with E-state index in [2.05, 4.69) is 12.1 Å². The van der Waals surface area contributed by atoms with Crippen LogP contribution in [-0.4, -0.2) is 29.9 Å². The van der Waals surface area contributed by atoms with Gasteiger partial charge in [0.1, 0.15) is 0 Å². The van der Waals surface area contributed by atoms with Gasteiger partial charge in [0, 0.05) is 25.6 Å². The second-order valence-electron chi connectivity index (χ2n) is 4.04. The van der Waals surface area contributed by atoms with E-state index in [-0.39, 0.29) is 11.9 Å². The van der Waals surface area contributed by atoms with Crippen molar-refractivity contribution in [2.75, 3.05) is 13.1 Å². The average Bonchev–Trinajstić information content (AvgIpc) is 2.56. The van der Waals surface area contributed by atoms with Crippen molar-refractivity contribution in [1.82, 2.24) is 4.90 Å². The van der Waals surface area contributed by atoms with Gasteiger partial charge in [0.25, 0.3) is 0 Å². The number of hydrogen-bond acceptors (Lipinski definition) is 2. The summed E-state index contributed by atoms with van der Waals surface area (Å²) in [5, 5.41) is 0. The van der Waals surface area contributed by atoms with Crippen LogP contribution in [0.1, 0.15) is 12.0 Å². The minimum Gasteiger partial charge on any atom is -0.341 e. The molecule has 0 spiro atoms. The molecular formula is C12H16N2O. The summed E-state index contributed by atoms with van der Waals surface area (Å²) < 4.78 is 0. The van der Waals surface area contributed by atoms with Crippen LogP contribution in [0.2, 0.25) is 0 Å². The van der Waals surface area contributed by atoms with E-state index < -0.39 is 0 Å². The Kier molecular flexibility index (Phi) is 3.02. The molecule has 0 aliphatic carbocycles. The molecule has 1 atom stereocenters. The number of nitrogens with zero attached hydrogens (tertiary/aromatic N) is 1. The highest BCUT2D eigenvalue weighted by molar-refractivity contribution is 5.79. The van der Waals surface area contributed by atoms with E-state index in [1.54, 1.807) is 0 Å². The maximum absolute atomic E-state index is 11.5. The van der Waals surface area contributed by atoms with E-state index in [4.69, 9.17) is 5.73 Å². The molecule has 1 fully saturated rings. The summed E-state index contributed by atoms with van der Waals surface area (Å²) in [5.41, 5.74) is 6.99. The third-order valence-corrected chi connectivity index (χ3v) is 2.76. The Bertz CT molecular complexity index is 337. The van der Waals surface area contributed by atoms with Crippen molar-refractivity contribution in [3.63, 3.8) is 0 Å². The molecular weight excluding hydrogens is 188 g/mol. The fourth-order valence-corrected chi connectivity index (χ4v) is 1.93. The summed E-state index contributed by atoms with van der Waals surface area (Å²) in [4.78, 5) is 13.3. The van der Waals surface area contributed by atoms with Gasteiger partial charge in [-0.15, -0.1) is 0 Å². The first kappa shape index (κ1) is 10.2. The molecule has 0 saturated carbocycles. The summed E-state index contributed by atoms with van der Waals surface area (Å²) in [5.74, 6) is 0.193. The van der Waals surface area contributed by atoms with Gasteiger partial charge in [-0.05, 0) is 12.0 Å². The quantitative estimate of drug-likeness (QED) is 0.791. The SMILES string of the molecule is N[C@@H]1CC(=O)N(CCc2ccccc2)C1. The predicted octanol–water partition coefficient (Wildman–Crippen LogP) is 0.789. The zero-order chi connectivity index (χ0) is 10.7. The van der Waals surface area contributed by atoms with E-state index in [0.717, 1.165) is 13.0 Å². The fourth-order valence-electron chi connectivity index (χ4n) is 1.93. The monoisotopic (exact) mass is 204 g/mol. The number of hydrogen-bond donors (Lipinski definition) is 1. The summed E-state index contributed by atoms with van der Waals surface area (Å²) >= 11 is 0. The molecule has 1 saturated heterocycles. The summed E-state index contributed by atoms with van der Waals surface area (Å²) in [6, 6.07) is 10.2. The van der Waals surface area contributed by atoms with Gasteiger partial charge >= 0.3 is 0 Å². The first-order valence-electron chi connectivity index (χ1n) is 5.33. The lowest BCUT2D eigenvalue weighted by atomic mass is 10.1. The van der Waals surface area contributed by atoms with Crippen molar-refractivity contribution in [3.8, 4) is 0 Å². The predicted molar refractivity (Wildman–Crippen MR) is 59.3 cm³/mol. The summed E-state index contributed by atoms with van der Waals surface area (Å²) in [6.45, 7) is 1.50. The van der Waals surface area contributed by atoms with E-state index in [9.17, 15) is 4.79 Å². The Balaban J connectivity index is 1.86. The van der Waals surface area contributed by atoms with Gasteiger partial charge in [0.05, 0.1) is 0 Å². The van der Waals surface area contributed by atoms with Crippen molar-refractivity contribution in [2.24, 2.45) is 5.73 Å². The van der Waals surface area contributed by atoms with Gasteiger partial charge in [0.15, 0.2) is 0 Å². The van der Waals surface area contributed by atoms with Crippen LogP contribution < -0.4 is 5.73 Å². The van der Waals surface area contributed by atoms with E-state index in [0.29, 0.717) is 13.0 Å². The molecule has 0 bridgehead atoms. The van der Waals surface area contributed by atoms with Crippen LogP contribution in [0.3, 0.4) is 0 Å². The molecule has 2 N–H and O–H groups in total. The number of rotatable bonds is 3. The minimum atomic E-state index is 0.0354. The second kappa shape index (κ2) is 4.45. The summed E-state index contributed by atoms with van der Waals surface area (Å²) in [7, 11) is 0. The van der Waals surface area contributed by atoms with Crippen molar-refractivity contribution < 1.29 is 4.79 Å². The van der Waals surface area contributed by atoms with Crippen LogP contribution in [0, 0.1) is 0 Å². The molecule has 1 aromatic carbocycles. The van der Waals surface area contributed by atoms with Crippen molar-refractivity contribution in [2.45, 2.75) is 18.9 Å². The van der Waals surface area contributed by atoms with Crippen molar-refractivity contribution in [1.29, 1.82) is 0 Å². The fraction of sp³-hybridized carbons (Fsp3) is 0.417. The molecule has 3 heteroatoms. The highest BCUT2D eigenvalue weighted by Gasteiger charge is 2.25. The summed E-state index contributed by atoms with van der Waals surface area (Å²) in [6.07, 6.45) is 1.42. The first-order valence-corrected chi connectivity index (χ1v) is 5.33. The molecule has 1 aliphatic heterocycles. The minimum absolute atomic E-state index is 0.0354. The Labute approximate surface area is 89.9 Å². The van der Waals surface area contributed by atoms with Gasteiger partial charge < -0.3 is 10.6 Å². The van der Waals surface area contributed by atoms with Crippen molar-refractivity contribution in [3.05, 3.63) is 35.9 Å². The second-order valence-corrected chi connectivity index (χ2v) is 4.04. The number of benzene rings is 1. The van der Waals surface area contributed by atoms with Gasteiger partial charge in [0.2, 0.25) is 5.91 Å². The highest BCUT2D eigenvalue weighted by atomic mass is 16.2. The molecule has 80 valence electrons. The number of likely N-dealkylation sites (tertiary alicyclic amines) is 1. The van der Waals surface area contributed by atoms with Crippen LogP contribution in [0.15, 0.2) is 30.3 Å². The molecule has 1 aliphatic rings. The Morgan fingerprint density at radius 2 is 2.07 bits per heavy atom. The Morgan fingerprint density at radius 1 is 1.33 bits per heavy atom. The van der Waals surface area contributed by atoms with Gasteiger partial charge in [-0.3, -0.25) is 4.79 Å². The molecule has 2 rings (SSSR count). The lowest BCUT2D eigenvalue weighted by Crippen LogP contribution is -2.30. The number of amides is 1. The molecule has 0 unspecified atom stereocenters. The largest absolute Gasteiger partial charge is 0.341 e. The number of nitrogens with two attached hydrogens (primary N) is 1. The van der Waals surface area contributed by atoms with Crippen molar-refractivity contribution >= 4 is 5.91 Å². The first-order chi connectivity index (χ1) is 7.25. The van der Waals surface area contributed by atoms with Crippen LogP contribution in [0.25, 0.3) is 0 Å². The smallest absolute Gasteiger partial charge is 0.224 e. The lowest BCUT2D eigenvalue weighted by molar-refractivity contribution is -0.127. The van der Waals surface area contributed by atoms with Crippen LogP contribution in [0.4, 0.5) is 0 Å². The van der Waals surface area contributed by atoms with Gasteiger partial charge in [-0.1, -0.05) is 30.3 Å². The topological polar surface area (TPSA) is 46.3 Å². The Hall–Kier alpha value is -1.35. The van der Waals surface area contributed by atoms with Crippen LogP contribution in [0.5, 0.6) is 0 Å². The molecule has 0 aromatic heterocycles. The third kappa shape index (κ3) is 2.57. The van der Waals surface area contributed by atoms with E-state index in [1.807, 2.05) is 23.1 Å². The molecule has 0 radical (unpaired) electrons. The average molecular weight is 204 g/mol. The molecule has 1 aromatic rings. The number of carbonyl (C=O) groups excluding carboxylic acids is 1.